The standard InChI is InChI=1S/C18H14F3N5O3S2/c1-26-9-23-12-6-10(2-4-15(12)26)14-8-30-17(25-14)24-13-7-11(31(22,27)28)3-5-16(13)29-18(19,20)21/h2-9H,1H3,(H,24,25)(H2,22,27,28). The van der Waals surface area contributed by atoms with Gasteiger partial charge in [0.15, 0.2) is 10.9 Å². The van der Waals surface area contributed by atoms with Crippen molar-refractivity contribution in [1.29, 1.82) is 0 Å². The molecule has 0 atom stereocenters. The van der Waals surface area contributed by atoms with Crippen molar-refractivity contribution < 1.29 is 26.3 Å². The number of imidazole rings is 1. The summed E-state index contributed by atoms with van der Waals surface area (Å²) in [6.07, 6.45) is -3.28. The van der Waals surface area contributed by atoms with Gasteiger partial charge in [-0.1, -0.05) is 6.07 Å². The summed E-state index contributed by atoms with van der Waals surface area (Å²) in [5, 5.41) is 9.71. The number of sulfonamides is 1. The van der Waals surface area contributed by atoms with Gasteiger partial charge in [-0.05, 0) is 30.3 Å². The van der Waals surface area contributed by atoms with Gasteiger partial charge in [-0.15, -0.1) is 24.5 Å². The number of rotatable bonds is 5. The van der Waals surface area contributed by atoms with Crippen molar-refractivity contribution >= 4 is 43.2 Å². The quantitative estimate of drug-likeness (QED) is 0.457. The van der Waals surface area contributed by atoms with E-state index in [0.29, 0.717) is 5.69 Å². The van der Waals surface area contributed by atoms with E-state index in [0.717, 1.165) is 46.1 Å². The number of ether oxygens (including phenoxy) is 1. The molecule has 0 fully saturated rings. The van der Waals surface area contributed by atoms with Gasteiger partial charge in [-0.2, -0.15) is 0 Å². The summed E-state index contributed by atoms with van der Waals surface area (Å²) in [6, 6.07) is 8.33. The molecule has 0 aliphatic carbocycles. The van der Waals surface area contributed by atoms with E-state index in [1.807, 2.05) is 29.8 Å². The fourth-order valence-corrected chi connectivity index (χ4v) is 4.14. The Morgan fingerprint density at radius 3 is 2.68 bits per heavy atom. The van der Waals surface area contributed by atoms with Gasteiger partial charge in [0.05, 0.1) is 33.6 Å². The highest BCUT2D eigenvalue weighted by Gasteiger charge is 2.32. The number of hydrogen-bond acceptors (Lipinski definition) is 7. The Morgan fingerprint density at radius 1 is 1.19 bits per heavy atom. The van der Waals surface area contributed by atoms with Gasteiger partial charge in [-0.25, -0.2) is 23.5 Å². The third-order valence-corrected chi connectivity index (χ3v) is 5.94. The summed E-state index contributed by atoms with van der Waals surface area (Å²) >= 11 is 1.12. The van der Waals surface area contributed by atoms with Crippen LogP contribution in [0.2, 0.25) is 0 Å². The topological polar surface area (TPSA) is 112 Å². The summed E-state index contributed by atoms with van der Waals surface area (Å²) in [6.45, 7) is 0. The second kappa shape index (κ2) is 7.51. The first kappa shape index (κ1) is 21.1. The van der Waals surface area contributed by atoms with E-state index in [1.165, 1.54) is 0 Å². The number of alkyl halides is 3. The van der Waals surface area contributed by atoms with E-state index in [-0.39, 0.29) is 15.7 Å². The van der Waals surface area contributed by atoms with Crippen LogP contribution in [0.3, 0.4) is 0 Å². The van der Waals surface area contributed by atoms with Gasteiger partial charge in [-0.3, -0.25) is 0 Å². The molecular weight excluding hydrogens is 455 g/mol. The van der Waals surface area contributed by atoms with Crippen LogP contribution in [-0.2, 0) is 17.1 Å². The number of anilines is 2. The molecule has 4 rings (SSSR count). The molecule has 31 heavy (non-hydrogen) atoms. The molecule has 13 heteroatoms. The third-order valence-electron chi connectivity index (χ3n) is 4.27. The molecule has 0 saturated heterocycles. The average Bonchev–Trinajstić information content (AvgIpc) is 3.28. The maximum atomic E-state index is 12.7. The molecule has 4 aromatic rings. The number of nitrogens with zero attached hydrogens (tertiary/aromatic N) is 3. The van der Waals surface area contributed by atoms with Crippen molar-refractivity contribution in [3.8, 4) is 17.0 Å². The molecule has 0 radical (unpaired) electrons. The number of aryl methyl sites for hydroxylation is 1. The number of nitrogens with two attached hydrogens (primary N) is 1. The van der Waals surface area contributed by atoms with Crippen LogP contribution in [0.25, 0.3) is 22.3 Å². The van der Waals surface area contributed by atoms with E-state index in [1.54, 1.807) is 11.7 Å². The lowest BCUT2D eigenvalue weighted by molar-refractivity contribution is -0.274. The van der Waals surface area contributed by atoms with Crippen LogP contribution in [0.1, 0.15) is 0 Å². The highest BCUT2D eigenvalue weighted by molar-refractivity contribution is 7.89. The SMILES string of the molecule is Cn1cnc2cc(-c3csc(Nc4cc(S(N)(=O)=O)ccc4OC(F)(F)F)n3)ccc21. The molecule has 2 aromatic heterocycles. The lowest BCUT2D eigenvalue weighted by atomic mass is 10.1. The largest absolute Gasteiger partial charge is 0.573 e. The van der Waals surface area contributed by atoms with E-state index in [9.17, 15) is 21.6 Å². The van der Waals surface area contributed by atoms with Gasteiger partial charge >= 0.3 is 6.36 Å². The van der Waals surface area contributed by atoms with Crippen LogP contribution in [0.5, 0.6) is 5.75 Å². The fourth-order valence-electron chi connectivity index (χ4n) is 2.87. The fraction of sp³-hybridized carbons (Fsp3) is 0.111. The first-order valence-electron chi connectivity index (χ1n) is 8.56. The van der Waals surface area contributed by atoms with Crippen LogP contribution in [0, 0.1) is 0 Å². The predicted molar refractivity (Wildman–Crippen MR) is 110 cm³/mol. The minimum absolute atomic E-state index is 0.231. The number of primary sulfonamides is 1. The summed E-state index contributed by atoms with van der Waals surface area (Å²) in [5.41, 5.74) is 2.79. The first-order valence-corrected chi connectivity index (χ1v) is 11.0. The van der Waals surface area contributed by atoms with Gasteiger partial charge < -0.3 is 14.6 Å². The average molecular weight is 469 g/mol. The Kier molecular flexibility index (Phi) is 5.11. The lowest BCUT2D eigenvalue weighted by Crippen LogP contribution is -2.18. The van der Waals surface area contributed by atoms with Crippen LogP contribution < -0.4 is 15.2 Å². The zero-order valence-electron chi connectivity index (χ0n) is 15.7. The minimum Gasteiger partial charge on any atom is -0.404 e. The maximum Gasteiger partial charge on any atom is 0.573 e. The monoisotopic (exact) mass is 469 g/mol. The number of hydrogen-bond donors (Lipinski definition) is 2. The van der Waals surface area contributed by atoms with E-state index < -0.39 is 22.1 Å². The van der Waals surface area contributed by atoms with Crippen LogP contribution in [0.4, 0.5) is 24.0 Å². The molecule has 8 nitrogen and oxygen atoms in total. The van der Waals surface area contributed by atoms with E-state index in [4.69, 9.17) is 5.14 Å². The molecule has 2 heterocycles. The summed E-state index contributed by atoms with van der Waals surface area (Å²) in [5.74, 6) is -0.619. The van der Waals surface area contributed by atoms with Crippen molar-refractivity contribution in [2.24, 2.45) is 12.2 Å². The van der Waals surface area contributed by atoms with E-state index >= 15 is 0 Å². The zero-order valence-corrected chi connectivity index (χ0v) is 17.3. The molecule has 3 N–H and O–H groups in total. The van der Waals surface area contributed by atoms with Gasteiger partial charge in [0.25, 0.3) is 0 Å². The smallest absolute Gasteiger partial charge is 0.404 e. The van der Waals surface area contributed by atoms with Crippen molar-refractivity contribution in [3.63, 3.8) is 0 Å². The summed E-state index contributed by atoms with van der Waals surface area (Å²) in [4.78, 5) is 8.29. The molecule has 0 unspecified atom stereocenters. The van der Waals surface area contributed by atoms with Crippen LogP contribution in [-0.4, -0.2) is 29.3 Å². The number of nitrogens with one attached hydrogen (secondary N) is 1. The van der Waals surface area contributed by atoms with Crippen molar-refractivity contribution in [1.82, 2.24) is 14.5 Å². The molecule has 0 bridgehead atoms. The molecule has 0 saturated carbocycles. The first-order chi connectivity index (χ1) is 14.5. The highest BCUT2D eigenvalue weighted by Crippen LogP contribution is 2.36. The molecule has 0 aliphatic rings. The van der Waals surface area contributed by atoms with Crippen LogP contribution >= 0.6 is 11.3 Å². The molecular formula is C18H14F3N5O3S2. The summed E-state index contributed by atoms with van der Waals surface area (Å²) < 4.78 is 67.3. The van der Waals surface area contributed by atoms with E-state index in [2.05, 4.69) is 20.0 Å². The lowest BCUT2D eigenvalue weighted by Gasteiger charge is -2.14. The number of thiazole rings is 1. The third kappa shape index (κ3) is 4.62. The van der Waals surface area contributed by atoms with Crippen molar-refractivity contribution in [3.05, 3.63) is 48.1 Å². The molecule has 162 valence electrons. The number of aromatic nitrogens is 3. The number of benzene rings is 2. The summed E-state index contributed by atoms with van der Waals surface area (Å²) in [7, 11) is -2.27. The Hall–Kier alpha value is -3.16. The van der Waals surface area contributed by atoms with Crippen molar-refractivity contribution in [2.75, 3.05) is 5.32 Å². The maximum absolute atomic E-state index is 12.7. The molecule has 2 aromatic carbocycles. The molecule has 0 amide bonds. The second-order valence-corrected chi connectivity index (χ2v) is 8.89. The second-order valence-electron chi connectivity index (χ2n) is 6.47. The Labute approximate surface area is 178 Å². The highest BCUT2D eigenvalue weighted by atomic mass is 32.2. The normalized spacial score (nSPS) is 12.3. The Balaban J connectivity index is 1.67. The number of fused-ring (bicyclic) bond motifs is 1. The van der Waals surface area contributed by atoms with Crippen molar-refractivity contribution in [2.45, 2.75) is 11.3 Å². The molecule has 0 aliphatic heterocycles. The Bertz CT molecular complexity index is 1380. The van der Waals surface area contributed by atoms with Gasteiger partial charge in [0.2, 0.25) is 10.0 Å². The zero-order chi connectivity index (χ0) is 22.4. The minimum atomic E-state index is -4.97. The number of halogens is 3. The predicted octanol–water partition coefficient (Wildman–Crippen LogP) is 3.99. The molecule has 0 spiro atoms. The Morgan fingerprint density at radius 2 is 1.97 bits per heavy atom. The van der Waals surface area contributed by atoms with Gasteiger partial charge in [0.1, 0.15) is 0 Å². The van der Waals surface area contributed by atoms with Gasteiger partial charge in [0, 0.05) is 18.0 Å². The van der Waals surface area contributed by atoms with Crippen LogP contribution in [0.15, 0.2) is 53.0 Å².